The minimum absolute atomic E-state index is 0. The fourth-order valence-corrected chi connectivity index (χ4v) is 31.8. The van der Waals surface area contributed by atoms with E-state index in [9.17, 15) is 0 Å². The van der Waals surface area contributed by atoms with Gasteiger partial charge < -0.3 is 14.5 Å². The van der Waals surface area contributed by atoms with Gasteiger partial charge in [0, 0.05) is 37.7 Å². The van der Waals surface area contributed by atoms with E-state index in [1.807, 2.05) is 49.1 Å². The smallest absolute Gasteiger partial charge is 0.0620 e. The van der Waals surface area contributed by atoms with Gasteiger partial charge in [-0.25, -0.2) is 4.52 Å². The summed E-state index contributed by atoms with van der Waals surface area (Å²) in [5.41, 5.74) is 19.2. The van der Waals surface area contributed by atoms with Crippen molar-refractivity contribution in [2.24, 2.45) is 0 Å². The molecule has 9 aromatic carbocycles. The first-order chi connectivity index (χ1) is 54.6. The van der Waals surface area contributed by atoms with Crippen molar-refractivity contribution in [2.75, 3.05) is 36.1 Å². The molecule has 9 aromatic rings. The summed E-state index contributed by atoms with van der Waals surface area (Å²) in [5.74, 6) is 0. The third kappa shape index (κ3) is 40.3. The first-order valence-electron chi connectivity index (χ1n) is 39.7. The molecule has 2 saturated heterocycles. The Labute approximate surface area is 761 Å². The largest absolute Gasteiger partial charge is 0.102 e. The standard InChI is InChI=1S/C21H27N2.2C18H15P.C15H29OP.C10H11Cl3IS.2C5H8.C4H8O.2CH4.4ClH.2Ru/c1-14-9-16(3)20(17(4)10-14)22-7-8-23(13-22)21-18(5)11-15(2)12-19(21)6;2*1-4-10-16(11-5-1)19(17-12-6-2-7-13-17)18-14-8-3-9-15-18;1-13(2)16-17(14-9-5-3-6-10-14)15-11-7-4-8-12-15;1-6-4-7(2)9(8(3)5-6)14-15-10(11,12)13;2*1-4-5(2)3;1-2-4-5-3-1;;;;;;;;/h9-13H,7-8H2,1-6H3;2*1-15H;13-15H,3-12H2,1-2H3;4-5H,1-3H3;2*1,4H,2-3H3;1-4H2;2*1H4;4*1H;;/q-1;;;;-1;;;;;;;;;;2*+2/p-1. The number of hydrogen-bond donors (Lipinski definition) is 0. The number of halogens is 8. The number of alkyl halides is 3. The third-order valence-corrected chi connectivity index (χ3v) is 40.7. The third-order valence-electron chi connectivity index (χ3n) is 19.0. The summed E-state index contributed by atoms with van der Waals surface area (Å²) in [4.78, 5) is 4.81. The van der Waals surface area contributed by atoms with Crippen LogP contribution in [-0.4, -0.2) is 56.1 Å². The van der Waals surface area contributed by atoms with Crippen LogP contribution < -0.4 is 61.4 Å². The maximum absolute atomic E-state index is 6.43. The van der Waals surface area contributed by atoms with Gasteiger partial charge >= 0.3 is 246 Å². The van der Waals surface area contributed by atoms with Crippen molar-refractivity contribution in [3.8, 4) is 0 Å². The van der Waals surface area contributed by atoms with E-state index < -0.39 is 54.2 Å². The Kier molecular flexibility index (Phi) is 53.3. The van der Waals surface area contributed by atoms with Gasteiger partial charge in [0.1, 0.15) is 40.0 Å². The maximum Gasteiger partial charge on any atom is 0.102 e. The Morgan fingerprint density at radius 3 is 0.922 bits per heavy atom. The fraction of sp³-hybridized carbons (Fsp3) is 0.378. The first kappa shape index (κ1) is 106. The Balaban J connectivity index is 0.000000287. The van der Waals surface area contributed by atoms with Crippen molar-refractivity contribution in [3.05, 3.63) is 302 Å². The molecule has 0 N–H and O–H groups in total. The Morgan fingerprint density at radius 2 is 0.707 bits per heavy atom. The molecule has 2 saturated carbocycles. The second kappa shape index (κ2) is 58.5. The van der Waals surface area contributed by atoms with Crippen molar-refractivity contribution >= 4 is 159 Å². The minimum atomic E-state index is -1.52. The zero-order chi connectivity index (χ0) is 83.0. The van der Waals surface area contributed by atoms with Crippen molar-refractivity contribution in [1.82, 2.24) is 0 Å². The molecule has 0 spiro atoms. The zero-order valence-electron chi connectivity index (χ0n) is 69.6. The normalized spacial score (nSPS) is 14.0. The van der Waals surface area contributed by atoms with Crippen LogP contribution in [0.4, 0.5) is 11.4 Å². The van der Waals surface area contributed by atoms with Crippen LogP contribution in [0.3, 0.4) is 0 Å². The minimum Gasteiger partial charge on any atom is -0.0620 e. The summed E-state index contributed by atoms with van der Waals surface area (Å²) >= 11 is 13.9. The van der Waals surface area contributed by atoms with Crippen molar-refractivity contribution < 1.29 is 56.1 Å². The summed E-state index contributed by atoms with van der Waals surface area (Å²) in [6.45, 7) is 38.4. The molecule has 0 atom stereocenters. The molecular formula is C98H132Cl7IN2O2P3Ru2S+. The number of hydrogen-bond acceptors (Lipinski definition) is 5. The molecule has 0 bridgehead atoms. The van der Waals surface area contributed by atoms with Gasteiger partial charge in [0.25, 0.3) is 0 Å². The van der Waals surface area contributed by atoms with Gasteiger partial charge in [-0.1, -0.05) is 172 Å². The van der Waals surface area contributed by atoms with E-state index in [0.29, 0.717) is 6.10 Å². The number of rotatable bonds is 16. The SMILES string of the molecule is C.C.C1CCOC1.CC(C)=C[CH]=[Ru]([Cl])[Cl].CC(C)=C[CH]=[Ru]([Cl])[Cl].CC(C)O[PH+](C1CCCCC1)C1CCCCC1.Cc1cc(C)c(N2[CH-]N(c3c(C)cc(C)cc3C)CC2)c(C)c1.Cc1cc(C)c([I-]SC(Cl)(Cl)Cl)c(C)c1.c1ccc([PH+](c2ccccc2)c2ccccc2)cc1.c1ccc([PH+](c2ccccc2)c2ccccc2)cc1. The van der Waals surface area contributed by atoms with Crippen LogP contribution in [-0.2, 0) is 36.3 Å². The van der Waals surface area contributed by atoms with Gasteiger partial charge in [0.15, 0.2) is 0 Å². The van der Waals surface area contributed by atoms with Crippen LogP contribution in [0, 0.1) is 72.6 Å². The molecule has 0 unspecified atom stereocenters. The second-order valence-corrected chi connectivity index (χ2v) is 56.8. The van der Waals surface area contributed by atoms with Crippen molar-refractivity contribution in [2.45, 2.75) is 216 Å². The molecule has 2 heterocycles. The van der Waals surface area contributed by atoms with Gasteiger partial charge in [-0.3, -0.25) is 0 Å². The summed E-state index contributed by atoms with van der Waals surface area (Å²) in [6.07, 6.45) is 21.6. The first-order valence-corrected chi connectivity index (χ1v) is 60.8. The van der Waals surface area contributed by atoms with E-state index in [4.69, 9.17) is 82.8 Å². The molecule has 116 heavy (non-hydrogen) atoms. The molecule has 4 aliphatic rings. The molecule has 13 rings (SSSR count). The zero-order valence-corrected chi connectivity index (χ0v) is 84.3. The van der Waals surface area contributed by atoms with E-state index in [-0.39, 0.29) is 34.7 Å². The number of benzene rings is 9. The van der Waals surface area contributed by atoms with Gasteiger partial charge in [0.05, 0.1) is 33.3 Å². The Hall–Kier alpha value is -2.63. The second-order valence-electron chi connectivity index (χ2n) is 29.9. The van der Waals surface area contributed by atoms with E-state index in [2.05, 4.69) is 311 Å². The van der Waals surface area contributed by atoms with Gasteiger partial charge in [-0.2, -0.15) is 6.67 Å². The molecule has 18 heteroatoms. The molecule has 0 radical (unpaired) electrons. The number of nitrogens with zero attached hydrogens (tertiary/aromatic N) is 2. The van der Waals surface area contributed by atoms with Gasteiger partial charge in [-0.05, 0) is 215 Å². The molecule has 2 aliphatic carbocycles. The summed E-state index contributed by atoms with van der Waals surface area (Å²) < 4.78 is 15.3. The maximum atomic E-state index is 6.43. The molecule has 2 aliphatic heterocycles. The predicted molar refractivity (Wildman–Crippen MR) is 527 cm³/mol. The van der Waals surface area contributed by atoms with Crippen molar-refractivity contribution in [1.29, 1.82) is 0 Å². The number of anilines is 2. The van der Waals surface area contributed by atoms with Crippen LogP contribution in [0.1, 0.15) is 184 Å². The van der Waals surface area contributed by atoms with Gasteiger partial charge in [0.2, 0.25) is 0 Å². The van der Waals surface area contributed by atoms with Gasteiger partial charge in [-0.15, -0.1) is 0 Å². The Morgan fingerprint density at radius 1 is 0.440 bits per heavy atom. The molecule has 4 nitrogen and oxygen atoms in total. The molecular weight excluding hydrogens is 1940 g/mol. The molecule has 0 aromatic heterocycles. The average molecular weight is 2070 g/mol. The van der Waals surface area contributed by atoms with E-state index in [1.165, 1.54) is 194 Å². The van der Waals surface area contributed by atoms with Crippen molar-refractivity contribution in [3.63, 3.8) is 0 Å². The van der Waals surface area contributed by atoms with Crippen LogP contribution in [0.5, 0.6) is 0 Å². The van der Waals surface area contributed by atoms with Crippen LogP contribution in [0.25, 0.3) is 0 Å². The quantitative estimate of drug-likeness (QED) is 0.0316. The van der Waals surface area contributed by atoms with E-state index in [1.54, 1.807) is 0 Å². The number of aryl methyl sites for hydroxylation is 9. The predicted octanol–water partition coefficient (Wildman–Crippen LogP) is 25.8. The summed E-state index contributed by atoms with van der Waals surface area (Å²) in [7, 11) is 21.2. The molecule has 0 amide bonds. The van der Waals surface area contributed by atoms with Crippen LogP contribution >= 0.6 is 106 Å². The number of allylic oxidation sites excluding steroid dienone is 4. The van der Waals surface area contributed by atoms with Crippen LogP contribution in [0.15, 0.2) is 242 Å². The topological polar surface area (TPSA) is 24.9 Å². The Bertz CT molecular complexity index is 3820. The monoisotopic (exact) mass is 2070 g/mol. The molecule has 4 fully saturated rings. The van der Waals surface area contributed by atoms with E-state index in [0.717, 1.165) is 37.6 Å². The fourth-order valence-electron chi connectivity index (χ4n) is 14.5. The summed E-state index contributed by atoms with van der Waals surface area (Å²) in [5, 5.41) is 8.61. The van der Waals surface area contributed by atoms with Crippen LogP contribution in [0.2, 0.25) is 0 Å². The molecule has 638 valence electrons. The average Bonchev–Trinajstić information content (AvgIpc) is 1.63. The van der Waals surface area contributed by atoms with E-state index >= 15 is 0 Å². The summed E-state index contributed by atoms with van der Waals surface area (Å²) in [6, 6.07) is 78.5. The number of ether oxygens (including phenoxy) is 1.